The number of hydrogen-bond acceptors (Lipinski definition) is 3. The molecule has 0 unspecified atom stereocenters. The molecule has 160 valence electrons. The fraction of sp³-hybridized carbons (Fsp3) is 0.321. The van der Waals surface area contributed by atoms with Gasteiger partial charge in [-0.2, -0.15) is 0 Å². The van der Waals surface area contributed by atoms with E-state index in [-0.39, 0.29) is 11.8 Å². The molecule has 1 aliphatic heterocycles. The Morgan fingerprint density at radius 3 is 1.71 bits per heavy atom. The summed E-state index contributed by atoms with van der Waals surface area (Å²) in [6.07, 6.45) is 0. The molecule has 3 nitrogen and oxygen atoms in total. The molecule has 0 aliphatic carbocycles. The quantitative estimate of drug-likeness (QED) is 0.486. The van der Waals surface area contributed by atoms with Gasteiger partial charge in [0.25, 0.3) is 0 Å². The van der Waals surface area contributed by atoms with Crippen LogP contribution in [-0.4, -0.2) is 48.3 Å². The van der Waals surface area contributed by atoms with E-state index in [0.717, 1.165) is 31.7 Å². The monoisotopic (exact) mass is 412 g/mol. The number of rotatable bonds is 7. The van der Waals surface area contributed by atoms with Crippen LogP contribution in [0.1, 0.15) is 52.9 Å². The van der Waals surface area contributed by atoms with E-state index in [1.807, 2.05) is 12.1 Å². The van der Waals surface area contributed by atoms with Crippen LogP contribution in [0, 0.1) is 0 Å². The third-order valence-corrected chi connectivity index (χ3v) is 6.27. The Kier molecular flexibility index (Phi) is 6.96. The van der Waals surface area contributed by atoms with Gasteiger partial charge in [-0.15, -0.1) is 0 Å². The van der Waals surface area contributed by atoms with E-state index >= 15 is 0 Å². The van der Waals surface area contributed by atoms with Crippen LogP contribution < -0.4 is 0 Å². The van der Waals surface area contributed by atoms with Gasteiger partial charge in [-0.25, -0.2) is 0 Å². The van der Waals surface area contributed by atoms with Crippen molar-refractivity contribution in [1.29, 1.82) is 0 Å². The average Bonchev–Trinajstić information content (AvgIpc) is 2.82. The van der Waals surface area contributed by atoms with E-state index in [1.165, 1.54) is 16.7 Å². The van der Waals surface area contributed by atoms with Gasteiger partial charge in [0.05, 0.1) is 12.6 Å². The highest BCUT2D eigenvalue weighted by atomic mass is 16.1. The number of Topliss-reactive ketones (excluding diaryl/α,β-unsaturated/α-hetero) is 1. The lowest BCUT2D eigenvalue weighted by Crippen LogP contribution is -2.49. The second-order valence-electron chi connectivity index (χ2n) is 8.74. The normalized spacial score (nSPS) is 15.5. The van der Waals surface area contributed by atoms with Gasteiger partial charge in [-0.05, 0) is 22.6 Å². The molecule has 0 aromatic heterocycles. The van der Waals surface area contributed by atoms with Gasteiger partial charge in [0.1, 0.15) is 0 Å². The molecule has 0 atom stereocenters. The molecule has 0 amide bonds. The molecule has 0 spiro atoms. The summed E-state index contributed by atoms with van der Waals surface area (Å²) in [7, 11) is 0. The molecular formula is C28H32N2O. The average molecular weight is 413 g/mol. The fourth-order valence-corrected chi connectivity index (χ4v) is 4.41. The van der Waals surface area contributed by atoms with Gasteiger partial charge in [-0.3, -0.25) is 14.6 Å². The molecule has 3 heteroatoms. The number of benzene rings is 3. The molecule has 3 aromatic carbocycles. The number of piperazine rings is 1. The smallest absolute Gasteiger partial charge is 0.176 e. The van der Waals surface area contributed by atoms with Crippen LogP contribution in [0.15, 0.2) is 84.9 Å². The van der Waals surface area contributed by atoms with Crippen molar-refractivity contribution in [2.75, 3.05) is 32.7 Å². The van der Waals surface area contributed by atoms with E-state index in [1.54, 1.807) is 0 Å². The van der Waals surface area contributed by atoms with Gasteiger partial charge in [0.15, 0.2) is 5.78 Å². The Hall–Kier alpha value is -2.75. The number of carbonyl (C=O) groups is 1. The van der Waals surface area contributed by atoms with E-state index in [4.69, 9.17) is 0 Å². The van der Waals surface area contributed by atoms with Crippen molar-refractivity contribution < 1.29 is 4.79 Å². The first-order chi connectivity index (χ1) is 15.1. The predicted octanol–water partition coefficient (Wildman–Crippen LogP) is 5.40. The minimum absolute atomic E-state index is 0.214. The third-order valence-electron chi connectivity index (χ3n) is 6.27. The van der Waals surface area contributed by atoms with Gasteiger partial charge in [0.2, 0.25) is 0 Å². The Morgan fingerprint density at radius 1 is 0.710 bits per heavy atom. The first kappa shape index (κ1) is 21.5. The highest BCUT2D eigenvalue weighted by Gasteiger charge is 2.27. The van der Waals surface area contributed by atoms with Crippen molar-refractivity contribution in [2.45, 2.75) is 25.8 Å². The SMILES string of the molecule is CC(C)c1ccc(C(=O)CN2CCN(C(c3ccccc3)c3ccccc3)CC2)cc1. The van der Waals surface area contributed by atoms with Crippen molar-refractivity contribution in [3.05, 3.63) is 107 Å². The lowest BCUT2D eigenvalue weighted by Gasteiger charge is -2.39. The minimum Gasteiger partial charge on any atom is -0.293 e. The zero-order valence-corrected chi connectivity index (χ0v) is 18.6. The zero-order valence-electron chi connectivity index (χ0n) is 18.6. The van der Waals surface area contributed by atoms with Gasteiger partial charge < -0.3 is 0 Å². The lowest BCUT2D eigenvalue weighted by atomic mass is 9.96. The molecule has 1 saturated heterocycles. The first-order valence-electron chi connectivity index (χ1n) is 11.3. The van der Waals surface area contributed by atoms with Crippen LogP contribution in [0.25, 0.3) is 0 Å². The van der Waals surface area contributed by atoms with Crippen molar-refractivity contribution in [3.8, 4) is 0 Å². The molecule has 0 radical (unpaired) electrons. The first-order valence-corrected chi connectivity index (χ1v) is 11.3. The van der Waals surface area contributed by atoms with Crippen LogP contribution in [0.5, 0.6) is 0 Å². The number of ketones is 1. The molecule has 0 saturated carbocycles. The summed E-state index contributed by atoms with van der Waals surface area (Å²) in [6, 6.07) is 29.9. The Labute approximate surface area is 186 Å². The second kappa shape index (κ2) is 10.0. The standard InChI is InChI=1S/C28H32N2O/c1-22(2)23-13-15-24(16-14-23)27(31)21-29-17-19-30(20-18-29)28(25-9-5-3-6-10-25)26-11-7-4-8-12-26/h3-16,22,28H,17-21H2,1-2H3. The maximum absolute atomic E-state index is 12.8. The maximum Gasteiger partial charge on any atom is 0.176 e. The fourth-order valence-electron chi connectivity index (χ4n) is 4.41. The Balaban J connectivity index is 1.40. The molecule has 4 rings (SSSR count). The summed E-state index contributed by atoms with van der Waals surface area (Å²) in [4.78, 5) is 17.6. The van der Waals surface area contributed by atoms with Crippen LogP contribution in [0.4, 0.5) is 0 Å². The summed E-state index contributed by atoms with van der Waals surface area (Å²) in [6.45, 7) is 8.57. The molecule has 1 fully saturated rings. The van der Waals surface area contributed by atoms with Crippen molar-refractivity contribution in [2.24, 2.45) is 0 Å². The topological polar surface area (TPSA) is 23.6 Å². The van der Waals surface area contributed by atoms with Crippen LogP contribution in [0.3, 0.4) is 0 Å². The van der Waals surface area contributed by atoms with E-state index in [2.05, 4.69) is 96.4 Å². The highest BCUT2D eigenvalue weighted by molar-refractivity contribution is 5.97. The second-order valence-corrected chi connectivity index (χ2v) is 8.74. The Bertz CT molecular complexity index is 919. The van der Waals surface area contributed by atoms with E-state index in [0.29, 0.717) is 12.5 Å². The van der Waals surface area contributed by atoms with Gasteiger partial charge in [-0.1, -0.05) is 98.8 Å². The van der Waals surface area contributed by atoms with E-state index < -0.39 is 0 Å². The van der Waals surface area contributed by atoms with Gasteiger partial charge in [0, 0.05) is 31.7 Å². The molecule has 0 N–H and O–H groups in total. The van der Waals surface area contributed by atoms with Crippen molar-refractivity contribution in [3.63, 3.8) is 0 Å². The minimum atomic E-state index is 0.214. The molecular weight excluding hydrogens is 380 g/mol. The highest BCUT2D eigenvalue weighted by Crippen LogP contribution is 2.29. The number of nitrogens with zero attached hydrogens (tertiary/aromatic N) is 2. The summed E-state index contributed by atoms with van der Waals surface area (Å²) in [5, 5.41) is 0. The lowest BCUT2D eigenvalue weighted by molar-refractivity contribution is 0.0808. The molecule has 1 aliphatic rings. The summed E-state index contributed by atoms with van der Waals surface area (Å²) < 4.78 is 0. The zero-order chi connectivity index (χ0) is 21.6. The molecule has 1 heterocycles. The molecule has 0 bridgehead atoms. The van der Waals surface area contributed by atoms with Crippen LogP contribution >= 0.6 is 0 Å². The molecule has 3 aromatic rings. The Morgan fingerprint density at radius 2 is 1.23 bits per heavy atom. The predicted molar refractivity (Wildman–Crippen MR) is 128 cm³/mol. The summed E-state index contributed by atoms with van der Waals surface area (Å²) >= 11 is 0. The van der Waals surface area contributed by atoms with Gasteiger partial charge >= 0.3 is 0 Å². The number of hydrogen-bond donors (Lipinski definition) is 0. The van der Waals surface area contributed by atoms with Crippen molar-refractivity contribution in [1.82, 2.24) is 9.80 Å². The van der Waals surface area contributed by atoms with E-state index in [9.17, 15) is 4.79 Å². The summed E-state index contributed by atoms with van der Waals surface area (Å²) in [5.74, 6) is 0.700. The van der Waals surface area contributed by atoms with Crippen molar-refractivity contribution >= 4 is 5.78 Å². The molecule has 31 heavy (non-hydrogen) atoms. The number of carbonyl (C=O) groups excluding carboxylic acids is 1. The third kappa shape index (κ3) is 5.30. The maximum atomic E-state index is 12.8. The summed E-state index contributed by atoms with van der Waals surface area (Å²) in [5.41, 5.74) is 4.74. The largest absolute Gasteiger partial charge is 0.293 e. The van der Waals surface area contributed by atoms with Crippen LogP contribution in [-0.2, 0) is 0 Å². The van der Waals surface area contributed by atoms with Crippen LogP contribution in [0.2, 0.25) is 0 Å².